The van der Waals surface area contributed by atoms with E-state index in [0.717, 1.165) is 38.8 Å². The summed E-state index contributed by atoms with van der Waals surface area (Å²) in [6, 6.07) is 29.2. The largest absolute Gasteiger partial charge is 0.459 e. The van der Waals surface area contributed by atoms with Crippen LogP contribution in [-0.2, 0) is 121 Å². The third kappa shape index (κ3) is 19.8. The van der Waals surface area contributed by atoms with Crippen LogP contribution in [-0.4, -0.2) is 185 Å². The monoisotopic (exact) mass is 1310 g/mol. The number of methoxy groups -OCH3 is 1. The third-order valence-corrected chi connectivity index (χ3v) is 15.1. The topological polar surface area (TPSA) is 431 Å². The van der Waals surface area contributed by atoms with Crippen molar-refractivity contribution in [3.05, 3.63) is 185 Å². The lowest BCUT2D eigenvalue weighted by molar-refractivity contribution is -0.361. The van der Waals surface area contributed by atoms with Crippen molar-refractivity contribution in [1.29, 1.82) is 0 Å². The lowest BCUT2D eigenvalue weighted by Gasteiger charge is -2.51. The van der Waals surface area contributed by atoms with Crippen LogP contribution < -0.4 is 0 Å². The maximum atomic E-state index is 13.6. The van der Waals surface area contributed by atoms with Gasteiger partial charge in [-0.05, 0) is 44.4 Å². The lowest BCUT2D eigenvalue weighted by Crippen LogP contribution is -2.68. The first-order valence-corrected chi connectivity index (χ1v) is 29.7. The molecule has 0 saturated carbocycles. The minimum absolute atomic E-state index is 0.0473. The van der Waals surface area contributed by atoms with Crippen LogP contribution >= 0.6 is 0 Å². The fourth-order valence-corrected chi connectivity index (χ4v) is 11.1. The van der Waals surface area contributed by atoms with Crippen LogP contribution in [0.4, 0.5) is 0 Å². The van der Waals surface area contributed by atoms with E-state index in [1.165, 1.54) is 7.11 Å². The zero-order valence-electron chi connectivity index (χ0n) is 51.7. The predicted octanol–water partition coefficient (Wildman–Crippen LogP) is 7.36. The standard InChI is InChI=1S/C61H72N12O21/c1-34(74)84-54-46(66-70-62)59(88-42(50(54)78)30-80-26-38-18-10-6-11-19-38)92-52-44(32-82-28-40-22-14-8-15-23-40)90-61(48(68-72-64)56(52)86-36(3)76)94-53-45(33-83-29-41-24-16-9-17-25-41)91-60(49(69-73-65)57(53)87-37(4)77)93-51-43(31-81-27-39-20-12-7-13-21-39)89-58(79-5)47(67-71-63)55(51)85-35(2)75/h6-25,42-61,78H,26-33H2,1-5H3/t42-,43-,44-,45-,46-,47-,48-,49-,50+,51+,52+,53+,54-,55-,56-,57-,58+,59-,60-,61-/m1/s1. The van der Waals surface area contributed by atoms with Gasteiger partial charge in [0.15, 0.2) is 25.2 Å². The minimum atomic E-state index is -1.92. The quantitative estimate of drug-likeness (QED) is 0.0169. The van der Waals surface area contributed by atoms with E-state index in [0.29, 0.717) is 11.1 Å². The average molecular weight is 1310 g/mol. The molecule has 4 aliphatic rings. The predicted molar refractivity (Wildman–Crippen MR) is 321 cm³/mol. The molecule has 502 valence electrons. The van der Waals surface area contributed by atoms with Crippen molar-refractivity contribution in [1.82, 2.24) is 0 Å². The number of aliphatic hydroxyl groups is 1. The summed E-state index contributed by atoms with van der Waals surface area (Å²) in [6.07, 6.45) is -25.9. The highest BCUT2D eigenvalue weighted by molar-refractivity contribution is 5.67. The summed E-state index contributed by atoms with van der Waals surface area (Å²) in [5.41, 5.74) is 43.6. The number of carbonyl (C=O) groups excluding carboxylic acids is 4. The summed E-state index contributed by atoms with van der Waals surface area (Å²) in [5.74, 6) is -3.66. The van der Waals surface area contributed by atoms with Crippen LogP contribution in [0.3, 0.4) is 0 Å². The van der Waals surface area contributed by atoms with Gasteiger partial charge in [0.25, 0.3) is 0 Å². The van der Waals surface area contributed by atoms with Crippen molar-refractivity contribution in [2.24, 2.45) is 20.5 Å². The number of hydrogen-bond acceptors (Lipinski definition) is 25. The van der Waals surface area contributed by atoms with Crippen molar-refractivity contribution in [2.45, 2.75) is 177 Å². The number of hydrogen-bond donors (Lipinski definition) is 1. The van der Waals surface area contributed by atoms with Crippen molar-refractivity contribution < 1.29 is 100 Å². The lowest BCUT2D eigenvalue weighted by atomic mass is 9.93. The highest BCUT2D eigenvalue weighted by atomic mass is 16.8. The van der Waals surface area contributed by atoms with Crippen LogP contribution in [0.5, 0.6) is 0 Å². The highest BCUT2D eigenvalue weighted by Gasteiger charge is 2.59. The fourth-order valence-electron chi connectivity index (χ4n) is 11.1. The Bertz CT molecular complexity index is 3280. The van der Waals surface area contributed by atoms with E-state index in [1.54, 1.807) is 84.9 Å². The zero-order valence-corrected chi connectivity index (χ0v) is 51.7. The highest BCUT2D eigenvalue weighted by Crippen LogP contribution is 2.40. The van der Waals surface area contributed by atoms with Gasteiger partial charge < -0.3 is 80.9 Å². The van der Waals surface area contributed by atoms with Crippen LogP contribution in [0.15, 0.2) is 142 Å². The van der Waals surface area contributed by atoms with Crippen LogP contribution in [0.25, 0.3) is 41.8 Å². The molecule has 0 unspecified atom stereocenters. The molecule has 20 atom stereocenters. The summed E-state index contributed by atoms with van der Waals surface area (Å²) in [5, 5.41) is 27.5. The minimum Gasteiger partial charge on any atom is -0.459 e. The molecule has 0 bridgehead atoms. The number of aliphatic hydroxyl groups excluding tert-OH is 1. The van der Waals surface area contributed by atoms with Crippen LogP contribution in [0.2, 0.25) is 0 Å². The molecule has 4 heterocycles. The second-order valence-electron chi connectivity index (χ2n) is 21.8. The molecule has 0 aliphatic carbocycles. The first-order valence-electron chi connectivity index (χ1n) is 29.7. The van der Waals surface area contributed by atoms with E-state index in [9.17, 15) is 46.4 Å². The summed E-state index contributed by atoms with van der Waals surface area (Å²) in [6.45, 7) is 2.72. The Hall–Kier alpha value is -8.52. The molecule has 33 nitrogen and oxygen atoms in total. The fraction of sp³-hybridized carbons (Fsp3) is 0.541. The smallest absolute Gasteiger partial charge is 0.303 e. The SMILES string of the molecule is CO[C@H]1O[C@H](COCc2ccccc2)[C@H](O[C@H]2O[C@H](COCc3ccccc3)[C@H](O[C@H]3O[C@H](COCc4ccccc4)[C@H](O[C@H]4O[C@H](COCc5ccccc5)[C@H](O)[C@H](OC(C)=O)[C@H]4N=[N+]=[N-])[C@H](OC(C)=O)[C@H]3N=[N+]=[N-])[C@H](OC(C)=O)[C@H]2N=[N+]=[N-])[C@H](OC(C)=O)[C@H]1N=[N+]=[N-]. The van der Waals surface area contributed by atoms with E-state index in [2.05, 4.69) is 40.1 Å². The molecule has 0 spiro atoms. The van der Waals surface area contributed by atoms with Gasteiger partial charge in [0.05, 0.1) is 52.9 Å². The van der Waals surface area contributed by atoms with Gasteiger partial charge in [0.1, 0.15) is 97.4 Å². The molecular formula is C61H72N12O21. The normalized spacial score (nSPS) is 30.5. The van der Waals surface area contributed by atoms with Gasteiger partial charge in [-0.3, -0.25) is 19.2 Å². The van der Waals surface area contributed by atoms with E-state index in [-0.39, 0.29) is 39.6 Å². The maximum absolute atomic E-state index is 13.6. The first-order chi connectivity index (χ1) is 45.6. The Labute approximate surface area is 538 Å². The van der Waals surface area contributed by atoms with Gasteiger partial charge >= 0.3 is 23.9 Å². The number of azide groups is 4. The Kier molecular flexibility index (Phi) is 27.5. The first kappa shape index (κ1) is 71.3. The Morgan fingerprint density at radius 3 is 0.904 bits per heavy atom. The van der Waals surface area contributed by atoms with Crippen molar-refractivity contribution in [2.75, 3.05) is 33.5 Å². The molecule has 4 fully saturated rings. The molecule has 0 amide bonds. The second kappa shape index (κ2) is 36.2. The van der Waals surface area contributed by atoms with Gasteiger partial charge in [-0.1, -0.05) is 142 Å². The molecule has 4 aliphatic heterocycles. The van der Waals surface area contributed by atoms with Gasteiger partial charge in [-0.25, -0.2) is 0 Å². The summed E-state index contributed by atoms with van der Waals surface area (Å²) in [7, 11) is 1.27. The van der Waals surface area contributed by atoms with E-state index < -0.39 is 160 Å². The van der Waals surface area contributed by atoms with Crippen molar-refractivity contribution >= 4 is 23.9 Å². The van der Waals surface area contributed by atoms with Gasteiger partial charge in [0.2, 0.25) is 0 Å². The van der Waals surface area contributed by atoms with E-state index in [4.69, 9.17) is 75.8 Å². The number of carbonyl (C=O) groups is 4. The number of benzene rings is 4. The molecule has 33 heteroatoms. The summed E-state index contributed by atoms with van der Waals surface area (Å²) in [4.78, 5) is 64.9. The molecular weight excluding hydrogens is 1240 g/mol. The number of ether oxygens (including phenoxy) is 16. The van der Waals surface area contributed by atoms with Crippen molar-refractivity contribution in [3.63, 3.8) is 0 Å². The molecule has 0 aromatic heterocycles. The zero-order chi connectivity index (χ0) is 66.9. The molecule has 8 rings (SSSR count). The van der Waals surface area contributed by atoms with Gasteiger partial charge in [0, 0.05) is 54.5 Å². The maximum Gasteiger partial charge on any atom is 0.303 e. The van der Waals surface area contributed by atoms with Gasteiger partial charge in [-0.2, -0.15) is 0 Å². The second-order valence-corrected chi connectivity index (χ2v) is 21.8. The Morgan fingerprint density at radius 2 is 0.628 bits per heavy atom. The van der Waals surface area contributed by atoms with Crippen LogP contribution in [0, 0.1) is 0 Å². The number of nitrogens with zero attached hydrogens (tertiary/aromatic N) is 12. The molecule has 94 heavy (non-hydrogen) atoms. The molecule has 1 N–H and O–H groups in total. The van der Waals surface area contributed by atoms with E-state index in [1.807, 2.05) is 36.4 Å². The summed E-state index contributed by atoms with van der Waals surface area (Å²) < 4.78 is 100. The third-order valence-electron chi connectivity index (χ3n) is 15.1. The number of rotatable bonds is 31. The Balaban J connectivity index is 1.20. The Morgan fingerprint density at radius 1 is 0.383 bits per heavy atom. The average Bonchev–Trinajstić information content (AvgIpc) is 0.769. The van der Waals surface area contributed by atoms with E-state index >= 15 is 0 Å². The molecule has 4 aromatic rings. The van der Waals surface area contributed by atoms with Crippen LogP contribution in [0.1, 0.15) is 49.9 Å². The summed E-state index contributed by atoms with van der Waals surface area (Å²) >= 11 is 0. The molecule has 4 aromatic carbocycles. The molecule has 4 saturated heterocycles. The van der Waals surface area contributed by atoms with Crippen molar-refractivity contribution in [3.8, 4) is 0 Å². The van der Waals surface area contributed by atoms with Gasteiger partial charge in [-0.15, -0.1) is 0 Å². The molecule has 0 radical (unpaired) electrons. The number of esters is 4.